The van der Waals surface area contributed by atoms with Crippen LogP contribution in [0, 0.1) is 0 Å². The van der Waals surface area contributed by atoms with Gasteiger partial charge in [-0.25, -0.2) is 0 Å². The summed E-state index contributed by atoms with van der Waals surface area (Å²) in [5, 5.41) is 3.93. The number of amides is 2. The molecule has 0 heterocycles. The van der Waals surface area contributed by atoms with Crippen molar-refractivity contribution < 1.29 is 9.59 Å². The molecule has 0 saturated heterocycles. The molecule has 33 heavy (non-hydrogen) atoms. The standard InChI is InChI=1S/C27H28Cl2N2O2/c1-19(2)30-27(33)25(15-20-9-5-3-6-10-20)31(18-21-11-7-4-8-12-21)26(32)16-22-13-14-23(28)17-24(22)29/h3-14,17,19,25H,15-16,18H2,1-2H3,(H,30,33)/t25-/m1/s1. The highest BCUT2D eigenvalue weighted by Crippen LogP contribution is 2.23. The summed E-state index contributed by atoms with van der Waals surface area (Å²) in [7, 11) is 0. The lowest BCUT2D eigenvalue weighted by Gasteiger charge is -2.32. The van der Waals surface area contributed by atoms with E-state index in [1.807, 2.05) is 74.5 Å². The fourth-order valence-corrected chi connectivity index (χ4v) is 4.12. The van der Waals surface area contributed by atoms with Crippen molar-refractivity contribution in [1.29, 1.82) is 0 Å². The summed E-state index contributed by atoms with van der Waals surface area (Å²) in [4.78, 5) is 28.6. The van der Waals surface area contributed by atoms with Crippen LogP contribution < -0.4 is 5.32 Å². The zero-order valence-corrected chi connectivity index (χ0v) is 20.3. The Morgan fingerprint density at radius 1 is 0.879 bits per heavy atom. The van der Waals surface area contributed by atoms with E-state index < -0.39 is 6.04 Å². The van der Waals surface area contributed by atoms with Crippen LogP contribution in [0.5, 0.6) is 0 Å². The first kappa shape index (κ1) is 24.8. The second-order valence-electron chi connectivity index (χ2n) is 8.29. The molecule has 0 radical (unpaired) electrons. The van der Waals surface area contributed by atoms with Crippen molar-refractivity contribution >= 4 is 35.0 Å². The molecule has 0 aliphatic carbocycles. The lowest BCUT2D eigenvalue weighted by Crippen LogP contribution is -2.52. The molecule has 4 nitrogen and oxygen atoms in total. The number of hydrogen-bond acceptors (Lipinski definition) is 2. The third kappa shape index (κ3) is 7.34. The predicted octanol–water partition coefficient (Wildman–Crippen LogP) is 5.70. The molecule has 0 aliphatic heterocycles. The summed E-state index contributed by atoms with van der Waals surface area (Å²) in [6, 6.07) is 23.8. The molecule has 0 unspecified atom stereocenters. The molecule has 3 rings (SSSR count). The van der Waals surface area contributed by atoms with Crippen LogP contribution in [0.25, 0.3) is 0 Å². The summed E-state index contributed by atoms with van der Waals surface area (Å²) < 4.78 is 0. The Morgan fingerprint density at radius 3 is 2.06 bits per heavy atom. The van der Waals surface area contributed by atoms with E-state index in [2.05, 4.69) is 5.32 Å². The maximum atomic E-state index is 13.6. The van der Waals surface area contributed by atoms with Crippen LogP contribution >= 0.6 is 23.2 Å². The average molecular weight is 483 g/mol. The van der Waals surface area contributed by atoms with Gasteiger partial charge < -0.3 is 10.2 Å². The molecule has 3 aromatic rings. The second-order valence-corrected chi connectivity index (χ2v) is 9.13. The molecular formula is C27H28Cl2N2O2. The van der Waals surface area contributed by atoms with Crippen LogP contribution in [-0.2, 0) is 29.0 Å². The van der Waals surface area contributed by atoms with Crippen molar-refractivity contribution in [2.75, 3.05) is 0 Å². The third-order valence-electron chi connectivity index (χ3n) is 5.25. The second kappa shape index (κ2) is 11.9. The highest BCUT2D eigenvalue weighted by atomic mass is 35.5. The number of carbonyl (C=O) groups is 2. The van der Waals surface area contributed by atoms with Gasteiger partial charge in [0, 0.05) is 29.1 Å². The van der Waals surface area contributed by atoms with Crippen molar-refractivity contribution in [3.8, 4) is 0 Å². The largest absolute Gasteiger partial charge is 0.352 e. The van der Waals surface area contributed by atoms with E-state index in [0.717, 1.165) is 11.1 Å². The number of benzene rings is 3. The number of rotatable bonds is 9. The fourth-order valence-electron chi connectivity index (χ4n) is 3.64. The molecule has 0 aromatic heterocycles. The van der Waals surface area contributed by atoms with Crippen molar-refractivity contribution in [1.82, 2.24) is 10.2 Å². The molecule has 1 N–H and O–H groups in total. The van der Waals surface area contributed by atoms with E-state index in [-0.39, 0.29) is 24.3 Å². The molecular weight excluding hydrogens is 455 g/mol. The van der Waals surface area contributed by atoms with Gasteiger partial charge in [-0.3, -0.25) is 9.59 Å². The summed E-state index contributed by atoms with van der Waals surface area (Å²) in [5.74, 6) is -0.358. The van der Waals surface area contributed by atoms with Gasteiger partial charge in [0.05, 0.1) is 6.42 Å². The minimum Gasteiger partial charge on any atom is -0.352 e. The van der Waals surface area contributed by atoms with E-state index in [1.165, 1.54) is 0 Å². The normalized spacial score (nSPS) is 11.8. The fraction of sp³-hybridized carbons (Fsp3) is 0.259. The van der Waals surface area contributed by atoms with Gasteiger partial charge in [0.25, 0.3) is 0 Å². The van der Waals surface area contributed by atoms with Gasteiger partial charge in [0.2, 0.25) is 11.8 Å². The molecule has 6 heteroatoms. The predicted molar refractivity (Wildman–Crippen MR) is 134 cm³/mol. The summed E-state index contributed by atoms with van der Waals surface area (Å²) in [5.41, 5.74) is 2.60. The van der Waals surface area contributed by atoms with Gasteiger partial charge in [-0.05, 0) is 42.7 Å². The summed E-state index contributed by atoms with van der Waals surface area (Å²) >= 11 is 12.4. The first-order chi connectivity index (χ1) is 15.8. The monoisotopic (exact) mass is 482 g/mol. The number of nitrogens with zero attached hydrogens (tertiary/aromatic N) is 1. The number of carbonyl (C=O) groups excluding carboxylic acids is 2. The average Bonchev–Trinajstić information content (AvgIpc) is 2.79. The molecule has 3 aromatic carbocycles. The maximum Gasteiger partial charge on any atom is 0.243 e. The summed E-state index contributed by atoms with van der Waals surface area (Å²) in [6.07, 6.45) is 0.482. The van der Waals surface area contributed by atoms with Crippen molar-refractivity contribution in [2.24, 2.45) is 0 Å². The van der Waals surface area contributed by atoms with Gasteiger partial charge >= 0.3 is 0 Å². The molecule has 0 fully saturated rings. The highest BCUT2D eigenvalue weighted by molar-refractivity contribution is 6.35. The number of hydrogen-bond donors (Lipinski definition) is 1. The lowest BCUT2D eigenvalue weighted by molar-refractivity contribution is -0.141. The van der Waals surface area contributed by atoms with Gasteiger partial charge in [-0.15, -0.1) is 0 Å². The highest BCUT2D eigenvalue weighted by Gasteiger charge is 2.31. The smallest absolute Gasteiger partial charge is 0.243 e. The van der Waals surface area contributed by atoms with E-state index in [4.69, 9.17) is 23.2 Å². The minimum absolute atomic E-state index is 0.0461. The zero-order chi connectivity index (χ0) is 23.8. The van der Waals surface area contributed by atoms with Crippen molar-refractivity contribution in [3.05, 3.63) is 106 Å². The van der Waals surface area contributed by atoms with E-state index in [0.29, 0.717) is 28.6 Å². The van der Waals surface area contributed by atoms with Crippen molar-refractivity contribution in [2.45, 2.75) is 45.3 Å². The van der Waals surface area contributed by atoms with Crippen LogP contribution in [0.1, 0.15) is 30.5 Å². The lowest BCUT2D eigenvalue weighted by atomic mass is 10.0. The van der Waals surface area contributed by atoms with E-state index in [9.17, 15) is 9.59 Å². The first-order valence-corrected chi connectivity index (χ1v) is 11.7. The SMILES string of the molecule is CC(C)NC(=O)[C@@H](Cc1ccccc1)N(Cc1ccccc1)C(=O)Cc1ccc(Cl)cc1Cl. The Kier molecular flexibility index (Phi) is 8.93. The van der Waals surface area contributed by atoms with Gasteiger partial charge in [0.15, 0.2) is 0 Å². The molecule has 0 saturated carbocycles. The van der Waals surface area contributed by atoms with E-state index >= 15 is 0 Å². The Balaban J connectivity index is 1.96. The van der Waals surface area contributed by atoms with Crippen LogP contribution in [-0.4, -0.2) is 28.8 Å². The Bertz CT molecular complexity index is 1070. The van der Waals surface area contributed by atoms with Crippen LogP contribution in [0.4, 0.5) is 0 Å². The minimum atomic E-state index is -0.673. The molecule has 0 bridgehead atoms. The summed E-state index contributed by atoms with van der Waals surface area (Å²) in [6.45, 7) is 4.14. The molecule has 1 atom stereocenters. The topological polar surface area (TPSA) is 49.4 Å². The molecule has 0 spiro atoms. The Labute approximate surface area is 205 Å². The van der Waals surface area contributed by atoms with Gasteiger partial charge in [0.1, 0.15) is 6.04 Å². The first-order valence-electron chi connectivity index (χ1n) is 10.9. The Hall–Kier alpha value is -2.82. The quantitative estimate of drug-likeness (QED) is 0.425. The zero-order valence-electron chi connectivity index (χ0n) is 18.8. The van der Waals surface area contributed by atoms with Crippen LogP contribution in [0.15, 0.2) is 78.9 Å². The Morgan fingerprint density at radius 2 is 1.48 bits per heavy atom. The molecule has 172 valence electrons. The van der Waals surface area contributed by atoms with Gasteiger partial charge in [-0.2, -0.15) is 0 Å². The van der Waals surface area contributed by atoms with Crippen LogP contribution in [0.3, 0.4) is 0 Å². The molecule has 2 amide bonds. The van der Waals surface area contributed by atoms with Crippen LogP contribution in [0.2, 0.25) is 10.0 Å². The number of nitrogens with one attached hydrogen (secondary N) is 1. The van der Waals surface area contributed by atoms with Crippen molar-refractivity contribution in [3.63, 3.8) is 0 Å². The van der Waals surface area contributed by atoms with Gasteiger partial charge in [-0.1, -0.05) is 89.9 Å². The molecule has 0 aliphatic rings. The maximum absolute atomic E-state index is 13.6. The van der Waals surface area contributed by atoms with E-state index in [1.54, 1.807) is 23.1 Å². The number of halogens is 2. The third-order valence-corrected chi connectivity index (χ3v) is 5.84.